The Hall–Kier alpha value is -3.42. The van der Waals surface area contributed by atoms with Crippen molar-refractivity contribution in [3.63, 3.8) is 0 Å². The fourth-order valence-electron chi connectivity index (χ4n) is 2.23. The van der Waals surface area contributed by atoms with E-state index < -0.39 is 11.8 Å². The van der Waals surface area contributed by atoms with Gasteiger partial charge in [0.1, 0.15) is 12.4 Å². The first-order valence-corrected chi connectivity index (χ1v) is 9.12. The van der Waals surface area contributed by atoms with Crippen LogP contribution in [0, 0.1) is 5.82 Å². The molecule has 0 heterocycles. The number of rotatable bonds is 8. The fraction of sp³-hybridized carbons (Fsp3) is 0.286. The van der Waals surface area contributed by atoms with Gasteiger partial charge in [0, 0.05) is 6.04 Å². The zero-order valence-electron chi connectivity index (χ0n) is 16.6. The molecule has 1 atom stereocenters. The zero-order valence-corrected chi connectivity index (χ0v) is 16.6. The molecule has 0 saturated heterocycles. The Morgan fingerprint density at radius 3 is 2.52 bits per heavy atom. The number of ether oxygens (including phenoxy) is 2. The molecule has 0 unspecified atom stereocenters. The third-order valence-electron chi connectivity index (χ3n) is 4.07. The van der Waals surface area contributed by atoms with Gasteiger partial charge in [-0.2, -0.15) is 5.10 Å². The maximum absolute atomic E-state index is 13.0. The molecule has 2 amide bonds. The molecule has 0 saturated carbocycles. The third kappa shape index (κ3) is 6.91. The van der Waals surface area contributed by atoms with E-state index in [1.165, 1.54) is 25.5 Å². The van der Waals surface area contributed by atoms with Gasteiger partial charge in [0.2, 0.25) is 0 Å². The van der Waals surface area contributed by atoms with E-state index in [1.807, 2.05) is 6.92 Å². The SMILES string of the molecule is CC[C@H](C)NC(=O)C(=O)N/N=C\c1ccc(OCc2ccc(F)cc2)c(OC)c1. The Balaban J connectivity index is 1.95. The molecule has 2 aromatic rings. The van der Waals surface area contributed by atoms with Crippen LogP contribution in [0.15, 0.2) is 47.6 Å². The highest BCUT2D eigenvalue weighted by atomic mass is 19.1. The highest BCUT2D eigenvalue weighted by molar-refractivity contribution is 6.35. The normalized spacial score (nSPS) is 11.7. The topological polar surface area (TPSA) is 89.0 Å². The Kier molecular flexibility index (Phi) is 8.14. The molecule has 0 aliphatic heterocycles. The van der Waals surface area contributed by atoms with E-state index in [4.69, 9.17) is 9.47 Å². The monoisotopic (exact) mass is 401 g/mol. The number of carbonyl (C=O) groups excluding carboxylic acids is 2. The van der Waals surface area contributed by atoms with E-state index in [0.29, 0.717) is 17.1 Å². The van der Waals surface area contributed by atoms with Gasteiger partial charge < -0.3 is 14.8 Å². The van der Waals surface area contributed by atoms with E-state index in [9.17, 15) is 14.0 Å². The number of nitrogens with zero attached hydrogens (tertiary/aromatic N) is 1. The van der Waals surface area contributed by atoms with Crippen molar-refractivity contribution >= 4 is 18.0 Å². The summed E-state index contributed by atoms with van der Waals surface area (Å²) < 4.78 is 24.0. The van der Waals surface area contributed by atoms with Gasteiger partial charge >= 0.3 is 11.8 Å². The lowest BCUT2D eigenvalue weighted by atomic mass is 10.2. The zero-order chi connectivity index (χ0) is 21.2. The Morgan fingerprint density at radius 2 is 1.86 bits per heavy atom. The van der Waals surface area contributed by atoms with Crippen LogP contribution in [0.2, 0.25) is 0 Å². The van der Waals surface area contributed by atoms with Crippen molar-refractivity contribution in [2.45, 2.75) is 32.9 Å². The molecule has 2 rings (SSSR count). The summed E-state index contributed by atoms with van der Waals surface area (Å²) in [4.78, 5) is 23.4. The molecule has 29 heavy (non-hydrogen) atoms. The van der Waals surface area contributed by atoms with Crippen molar-refractivity contribution in [3.05, 3.63) is 59.4 Å². The predicted molar refractivity (Wildman–Crippen MR) is 107 cm³/mol. The maximum Gasteiger partial charge on any atom is 0.329 e. The molecule has 2 aromatic carbocycles. The van der Waals surface area contributed by atoms with Gasteiger partial charge in [-0.15, -0.1) is 0 Å². The number of benzene rings is 2. The first kappa shape index (κ1) is 21.9. The highest BCUT2D eigenvalue weighted by Gasteiger charge is 2.14. The number of halogens is 1. The summed E-state index contributed by atoms with van der Waals surface area (Å²) in [5.41, 5.74) is 3.63. The van der Waals surface area contributed by atoms with Gasteiger partial charge in [-0.25, -0.2) is 9.82 Å². The minimum Gasteiger partial charge on any atom is -0.493 e. The lowest BCUT2D eigenvalue weighted by molar-refractivity contribution is -0.139. The number of hydrazone groups is 1. The third-order valence-corrected chi connectivity index (χ3v) is 4.07. The summed E-state index contributed by atoms with van der Waals surface area (Å²) in [5, 5.41) is 6.34. The minimum atomic E-state index is -0.840. The molecular formula is C21H24FN3O4. The van der Waals surface area contributed by atoms with Gasteiger partial charge in [-0.1, -0.05) is 19.1 Å². The van der Waals surface area contributed by atoms with Crippen molar-refractivity contribution in [1.29, 1.82) is 0 Å². The average Bonchev–Trinajstić information content (AvgIpc) is 2.73. The molecule has 0 aromatic heterocycles. The molecule has 2 N–H and O–H groups in total. The quantitative estimate of drug-likeness (QED) is 0.404. The predicted octanol–water partition coefficient (Wildman–Crippen LogP) is 2.78. The van der Waals surface area contributed by atoms with E-state index in [2.05, 4.69) is 15.8 Å². The summed E-state index contributed by atoms with van der Waals surface area (Å²) in [6, 6.07) is 11.0. The molecule has 0 fully saturated rings. The molecule has 0 aliphatic rings. The van der Waals surface area contributed by atoms with Crippen molar-refractivity contribution in [2.24, 2.45) is 5.10 Å². The number of nitrogens with one attached hydrogen (secondary N) is 2. The van der Waals surface area contributed by atoms with Crippen molar-refractivity contribution in [1.82, 2.24) is 10.7 Å². The van der Waals surface area contributed by atoms with Crippen LogP contribution in [-0.4, -0.2) is 31.2 Å². The lowest BCUT2D eigenvalue weighted by Crippen LogP contribution is -2.41. The number of carbonyl (C=O) groups is 2. The molecule has 0 spiro atoms. The van der Waals surface area contributed by atoms with Crippen LogP contribution >= 0.6 is 0 Å². The van der Waals surface area contributed by atoms with E-state index >= 15 is 0 Å². The number of amides is 2. The largest absolute Gasteiger partial charge is 0.493 e. The van der Waals surface area contributed by atoms with Gasteiger partial charge in [0.15, 0.2) is 11.5 Å². The summed E-state index contributed by atoms with van der Waals surface area (Å²) >= 11 is 0. The van der Waals surface area contributed by atoms with E-state index in [1.54, 1.807) is 37.3 Å². The summed E-state index contributed by atoms with van der Waals surface area (Å²) in [6.07, 6.45) is 2.11. The van der Waals surface area contributed by atoms with Crippen LogP contribution in [0.5, 0.6) is 11.5 Å². The Labute approximate surface area is 168 Å². The number of hydrogen-bond donors (Lipinski definition) is 2. The number of methoxy groups -OCH3 is 1. The second-order valence-corrected chi connectivity index (χ2v) is 6.31. The standard InChI is InChI=1S/C21H24FN3O4/c1-4-14(2)24-20(26)21(27)25-23-12-16-7-10-18(19(11-16)28-3)29-13-15-5-8-17(22)9-6-15/h5-12,14H,4,13H2,1-3H3,(H,24,26)(H,25,27)/b23-12-/t14-/m0/s1. The number of hydrogen-bond acceptors (Lipinski definition) is 5. The van der Waals surface area contributed by atoms with Crippen LogP contribution in [0.1, 0.15) is 31.4 Å². The molecular weight excluding hydrogens is 377 g/mol. The molecule has 0 radical (unpaired) electrons. The molecule has 0 bridgehead atoms. The van der Waals surface area contributed by atoms with Crippen LogP contribution in [0.3, 0.4) is 0 Å². The molecule has 0 aliphatic carbocycles. The van der Waals surface area contributed by atoms with Crippen molar-refractivity contribution in [2.75, 3.05) is 7.11 Å². The second-order valence-electron chi connectivity index (χ2n) is 6.31. The van der Waals surface area contributed by atoms with E-state index in [0.717, 1.165) is 12.0 Å². The molecule has 8 heteroatoms. The summed E-state index contributed by atoms with van der Waals surface area (Å²) in [5.74, 6) is -0.909. The van der Waals surface area contributed by atoms with Crippen LogP contribution in [0.4, 0.5) is 4.39 Å². The second kappa shape index (κ2) is 10.8. The van der Waals surface area contributed by atoms with E-state index in [-0.39, 0.29) is 18.5 Å². The summed E-state index contributed by atoms with van der Waals surface area (Å²) in [7, 11) is 1.50. The van der Waals surface area contributed by atoms with Crippen molar-refractivity contribution in [3.8, 4) is 11.5 Å². The maximum atomic E-state index is 13.0. The first-order valence-electron chi connectivity index (χ1n) is 9.12. The van der Waals surface area contributed by atoms with Crippen LogP contribution in [-0.2, 0) is 16.2 Å². The molecule has 7 nitrogen and oxygen atoms in total. The van der Waals surface area contributed by atoms with Gasteiger partial charge in [-0.3, -0.25) is 9.59 Å². The van der Waals surface area contributed by atoms with Crippen molar-refractivity contribution < 1.29 is 23.5 Å². The van der Waals surface area contributed by atoms with Gasteiger partial charge in [0.05, 0.1) is 13.3 Å². The van der Waals surface area contributed by atoms with Crippen LogP contribution < -0.4 is 20.2 Å². The first-order chi connectivity index (χ1) is 13.9. The lowest BCUT2D eigenvalue weighted by Gasteiger charge is -2.11. The smallest absolute Gasteiger partial charge is 0.329 e. The van der Waals surface area contributed by atoms with Crippen LogP contribution in [0.25, 0.3) is 0 Å². The highest BCUT2D eigenvalue weighted by Crippen LogP contribution is 2.28. The average molecular weight is 401 g/mol. The molecule has 154 valence electrons. The Bertz CT molecular complexity index is 869. The van der Waals surface area contributed by atoms with Gasteiger partial charge in [0.25, 0.3) is 0 Å². The minimum absolute atomic E-state index is 0.0936. The van der Waals surface area contributed by atoms with Gasteiger partial charge in [-0.05, 0) is 54.8 Å². The summed E-state index contributed by atoms with van der Waals surface area (Å²) in [6.45, 7) is 3.97. The Morgan fingerprint density at radius 1 is 1.14 bits per heavy atom. The fourth-order valence-corrected chi connectivity index (χ4v) is 2.23.